The monoisotopic (exact) mass is 309 g/mol. The molecule has 0 heterocycles. The molecule has 2 N–H and O–H groups in total. The van der Waals surface area contributed by atoms with E-state index in [9.17, 15) is 14.7 Å². The van der Waals surface area contributed by atoms with Gasteiger partial charge in [-0.25, -0.2) is 4.79 Å². The largest absolute Gasteiger partial charge is 0.497 e. The minimum atomic E-state index is -1.27. The highest BCUT2D eigenvalue weighted by atomic mass is 16.5. The number of carboxylic acid groups (broad SMARTS) is 1. The van der Waals surface area contributed by atoms with Gasteiger partial charge in [0.15, 0.2) is 0 Å². The average Bonchev–Trinajstić information content (AvgIpc) is 2.46. The van der Waals surface area contributed by atoms with Crippen LogP contribution in [0.3, 0.4) is 0 Å². The van der Waals surface area contributed by atoms with Crippen molar-refractivity contribution >= 4 is 11.9 Å². The molecule has 1 aromatic rings. The van der Waals surface area contributed by atoms with Crippen molar-refractivity contribution in [2.45, 2.75) is 38.6 Å². The second-order valence-corrected chi connectivity index (χ2v) is 5.29. The fraction of sp³-hybridized carbons (Fsp3) is 0.500. The Balaban J connectivity index is 2.90. The van der Waals surface area contributed by atoms with Crippen LogP contribution in [-0.2, 0) is 16.0 Å². The van der Waals surface area contributed by atoms with Crippen molar-refractivity contribution in [2.24, 2.45) is 0 Å². The van der Waals surface area contributed by atoms with Gasteiger partial charge in [-0.15, -0.1) is 0 Å². The number of hydrogen-bond acceptors (Lipinski definition) is 4. The van der Waals surface area contributed by atoms with Crippen LogP contribution in [-0.4, -0.2) is 36.7 Å². The van der Waals surface area contributed by atoms with Gasteiger partial charge in [0.2, 0.25) is 5.91 Å². The van der Waals surface area contributed by atoms with Gasteiger partial charge in [0.25, 0.3) is 0 Å². The molecule has 0 aromatic heterocycles. The molecule has 6 heteroatoms. The maximum absolute atomic E-state index is 12.2. The zero-order valence-corrected chi connectivity index (χ0v) is 13.4. The summed E-state index contributed by atoms with van der Waals surface area (Å²) in [6.45, 7) is 3.39. The Morgan fingerprint density at radius 2 is 1.95 bits per heavy atom. The van der Waals surface area contributed by atoms with Crippen molar-refractivity contribution in [1.82, 2.24) is 5.32 Å². The number of rotatable bonds is 8. The van der Waals surface area contributed by atoms with Crippen LogP contribution in [0.25, 0.3) is 0 Å². The number of amides is 1. The summed E-state index contributed by atoms with van der Waals surface area (Å²) in [7, 11) is 3.05. The molecule has 122 valence electrons. The Morgan fingerprint density at radius 1 is 1.27 bits per heavy atom. The summed E-state index contributed by atoms with van der Waals surface area (Å²) >= 11 is 0. The first kappa shape index (κ1) is 17.8. The standard InChI is InChI=1S/C16H23NO5/c1-5-8-16(2,15(19)20)17-14(18)10-11-9-12(21-3)6-7-13(11)22-4/h6-7,9H,5,8,10H2,1-4H3,(H,17,18)(H,19,20). The zero-order chi connectivity index (χ0) is 16.8. The predicted octanol–water partition coefficient (Wildman–Crippen LogP) is 2.01. The SMILES string of the molecule is CCCC(C)(NC(=O)Cc1cc(OC)ccc1OC)C(=O)O. The lowest BCUT2D eigenvalue weighted by molar-refractivity contribution is -0.147. The Kier molecular flexibility index (Phi) is 6.22. The van der Waals surface area contributed by atoms with Gasteiger partial charge in [0.1, 0.15) is 17.0 Å². The number of carboxylic acids is 1. The number of benzene rings is 1. The first-order valence-electron chi connectivity index (χ1n) is 7.11. The summed E-state index contributed by atoms with van der Waals surface area (Å²) in [4.78, 5) is 23.6. The van der Waals surface area contributed by atoms with E-state index in [0.717, 1.165) is 0 Å². The maximum atomic E-state index is 12.2. The Morgan fingerprint density at radius 3 is 2.45 bits per heavy atom. The van der Waals surface area contributed by atoms with Crippen LogP contribution in [0, 0.1) is 0 Å². The molecule has 0 bridgehead atoms. The van der Waals surface area contributed by atoms with Crippen LogP contribution in [0.1, 0.15) is 32.3 Å². The van der Waals surface area contributed by atoms with Crippen LogP contribution < -0.4 is 14.8 Å². The normalized spacial score (nSPS) is 13.1. The zero-order valence-electron chi connectivity index (χ0n) is 13.4. The molecule has 6 nitrogen and oxygen atoms in total. The van der Waals surface area contributed by atoms with Crippen LogP contribution in [0.4, 0.5) is 0 Å². The second kappa shape index (κ2) is 7.68. The molecule has 0 spiro atoms. The number of ether oxygens (including phenoxy) is 2. The molecule has 0 fully saturated rings. The smallest absolute Gasteiger partial charge is 0.329 e. The molecule has 1 aromatic carbocycles. The summed E-state index contributed by atoms with van der Waals surface area (Å²) in [5.74, 6) is -0.244. The van der Waals surface area contributed by atoms with E-state index in [1.807, 2.05) is 6.92 Å². The fourth-order valence-electron chi connectivity index (χ4n) is 2.27. The Bertz CT molecular complexity index is 543. The molecule has 0 aliphatic rings. The van der Waals surface area contributed by atoms with Gasteiger partial charge in [-0.2, -0.15) is 0 Å². The minimum absolute atomic E-state index is 0.0208. The molecule has 22 heavy (non-hydrogen) atoms. The molecule has 1 rings (SSSR count). The lowest BCUT2D eigenvalue weighted by atomic mass is 9.95. The highest BCUT2D eigenvalue weighted by Crippen LogP contribution is 2.24. The van der Waals surface area contributed by atoms with Crippen molar-refractivity contribution in [3.8, 4) is 11.5 Å². The number of methoxy groups -OCH3 is 2. The third-order valence-electron chi connectivity index (χ3n) is 3.48. The summed E-state index contributed by atoms with van der Waals surface area (Å²) < 4.78 is 10.4. The van der Waals surface area contributed by atoms with Crippen LogP contribution in [0.15, 0.2) is 18.2 Å². The topological polar surface area (TPSA) is 84.9 Å². The summed E-state index contributed by atoms with van der Waals surface area (Å²) in [5, 5.41) is 11.9. The van der Waals surface area contributed by atoms with Gasteiger partial charge < -0.3 is 19.9 Å². The van der Waals surface area contributed by atoms with Crippen LogP contribution in [0.2, 0.25) is 0 Å². The molecule has 0 aliphatic carbocycles. The van der Waals surface area contributed by atoms with Gasteiger partial charge in [-0.1, -0.05) is 13.3 Å². The van der Waals surface area contributed by atoms with E-state index in [4.69, 9.17) is 9.47 Å². The van der Waals surface area contributed by atoms with E-state index < -0.39 is 11.5 Å². The number of carbonyl (C=O) groups excluding carboxylic acids is 1. The number of carbonyl (C=O) groups is 2. The summed E-state index contributed by atoms with van der Waals surface area (Å²) in [6.07, 6.45) is 1.04. The minimum Gasteiger partial charge on any atom is -0.497 e. The summed E-state index contributed by atoms with van der Waals surface area (Å²) in [5.41, 5.74) is -0.624. The van der Waals surface area contributed by atoms with Crippen molar-refractivity contribution in [2.75, 3.05) is 14.2 Å². The van der Waals surface area contributed by atoms with Gasteiger partial charge in [0, 0.05) is 5.56 Å². The number of nitrogens with one attached hydrogen (secondary N) is 1. The molecule has 1 amide bonds. The second-order valence-electron chi connectivity index (χ2n) is 5.29. The predicted molar refractivity (Wildman–Crippen MR) is 82.3 cm³/mol. The third-order valence-corrected chi connectivity index (χ3v) is 3.48. The van der Waals surface area contributed by atoms with Gasteiger partial charge in [-0.3, -0.25) is 4.79 Å². The van der Waals surface area contributed by atoms with Gasteiger partial charge >= 0.3 is 5.97 Å². The molecule has 1 atom stereocenters. The molecular weight excluding hydrogens is 286 g/mol. The molecule has 1 unspecified atom stereocenters. The molecule has 0 aliphatic heterocycles. The highest BCUT2D eigenvalue weighted by molar-refractivity contribution is 5.88. The molecule has 0 radical (unpaired) electrons. The van der Waals surface area contributed by atoms with Crippen LogP contribution >= 0.6 is 0 Å². The van der Waals surface area contributed by atoms with E-state index in [0.29, 0.717) is 29.9 Å². The van der Waals surface area contributed by atoms with Crippen molar-refractivity contribution in [3.63, 3.8) is 0 Å². The molecule has 0 saturated carbocycles. The van der Waals surface area contributed by atoms with Crippen molar-refractivity contribution in [3.05, 3.63) is 23.8 Å². The number of hydrogen-bond donors (Lipinski definition) is 2. The average molecular weight is 309 g/mol. The van der Waals surface area contributed by atoms with E-state index in [-0.39, 0.29) is 12.3 Å². The number of aliphatic carboxylic acids is 1. The quantitative estimate of drug-likeness (QED) is 0.767. The molecule has 0 saturated heterocycles. The summed E-state index contributed by atoms with van der Waals surface area (Å²) in [6, 6.07) is 5.15. The van der Waals surface area contributed by atoms with E-state index in [2.05, 4.69) is 5.32 Å². The van der Waals surface area contributed by atoms with Crippen molar-refractivity contribution < 1.29 is 24.2 Å². The first-order chi connectivity index (χ1) is 10.4. The Hall–Kier alpha value is -2.24. The fourth-order valence-corrected chi connectivity index (χ4v) is 2.27. The highest BCUT2D eigenvalue weighted by Gasteiger charge is 2.33. The van der Waals surface area contributed by atoms with E-state index in [1.165, 1.54) is 21.1 Å². The first-order valence-corrected chi connectivity index (χ1v) is 7.11. The van der Waals surface area contributed by atoms with Gasteiger partial charge in [0.05, 0.1) is 20.6 Å². The Labute approximate surface area is 130 Å². The lowest BCUT2D eigenvalue weighted by Gasteiger charge is -2.26. The lowest BCUT2D eigenvalue weighted by Crippen LogP contribution is -2.52. The van der Waals surface area contributed by atoms with Crippen LogP contribution in [0.5, 0.6) is 11.5 Å². The van der Waals surface area contributed by atoms with E-state index in [1.54, 1.807) is 18.2 Å². The molecular formula is C16H23NO5. The maximum Gasteiger partial charge on any atom is 0.329 e. The van der Waals surface area contributed by atoms with Crippen molar-refractivity contribution in [1.29, 1.82) is 0 Å². The third kappa shape index (κ3) is 4.38. The van der Waals surface area contributed by atoms with E-state index >= 15 is 0 Å². The van der Waals surface area contributed by atoms with Gasteiger partial charge in [-0.05, 0) is 31.5 Å².